The highest BCUT2D eigenvalue weighted by atomic mass is 16.6. The van der Waals surface area contributed by atoms with Gasteiger partial charge in [-0.15, -0.1) is 0 Å². The van der Waals surface area contributed by atoms with E-state index in [0.29, 0.717) is 41.2 Å². The third-order valence-corrected chi connectivity index (χ3v) is 6.40. The number of aliphatic hydroxyl groups is 2. The van der Waals surface area contributed by atoms with E-state index in [1.807, 2.05) is 12.1 Å². The number of esters is 1. The monoisotopic (exact) mass is 406 g/mol. The van der Waals surface area contributed by atoms with Gasteiger partial charge in [0.2, 0.25) is 6.29 Å². The fourth-order valence-electron chi connectivity index (χ4n) is 4.77. The van der Waals surface area contributed by atoms with Gasteiger partial charge in [-0.3, -0.25) is 4.79 Å². The molecule has 2 N–H and O–H groups in total. The van der Waals surface area contributed by atoms with Crippen LogP contribution in [0.15, 0.2) is 29.1 Å². The van der Waals surface area contributed by atoms with E-state index < -0.39 is 17.9 Å². The SMILES string of the molecule is CC[C@@]1(O)C(=O)OCc2c1cc1n(c2=O)Cc2cc3c4c(ccc3nc2-1)OC(O)C4. The predicted molar refractivity (Wildman–Crippen MR) is 105 cm³/mol. The molecule has 30 heavy (non-hydrogen) atoms. The molecule has 0 amide bonds. The zero-order valence-electron chi connectivity index (χ0n) is 16.1. The molecule has 0 saturated heterocycles. The molecular formula is C22H18N2O6. The maximum absolute atomic E-state index is 13.2. The predicted octanol–water partition coefficient (Wildman–Crippen LogP) is 1.33. The molecule has 1 unspecified atom stereocenters. The smallest absolute Gasteiger partial charge is 0.343 e. The van der Waals surface area contributed by atoms with Gasteiger partial charge in [0.25, 0.3) is 5.56 Å². The molecule has 3 aliphatic heterocycles. The maximum atomic E-state index is 13.2. The van der Waals surface area contributed by atoms with Crippen molar-refractivity contribution >= 4 is 16.9 Å². The van der Waals surface area contributed by atoms with E-state index in [9.17, 15) is 19.8 Å². The Bertz CT molecular complexity index is 1340. The van der Waals surface area contributed by atoms with E-state index in [-0.39, 0.29) is 18.6 Å². The highest BCUT2D eigenvalue weighted by Gasteiger charge is 2.45. The highest BCUT2D eigenvalue weighted by molar-refractivity contribution is 5.89. The molecule has 8 heteroatoms. The van der Waals surface area contributed by atoms with Crippen LogP contribution in [0.3, 0.4) is 0 Å². The largest absolute Gasteiger partial charge is 0.464 e. The standard InChI is InChI=1S/C22H18N2O6/c1-2-22(28)14-7-16-19-10(8-24(16)20(26)13(14)9-29-21(22)27)5-11-12-6-18(25)30-17(12)4-3-15(11)23-19/h3-5,7,18,25,28H,2,6,8-9H2,1H3/t18?,22-/m0/s1. The van der Waals surface area contributed by atoms with E-state index in [2.05, 4.69) is 0 Å². The first-order chi connectivity index (χ1) is 14.4. The number of benzene rings is 1. The second-order valence-corrected chi connectivity index (χ2v) is 7.98. The minimum atomic E-state index is -1.84. The van der Waals surface area contributed by atoms with Crippen molar-refractivity contribution < 1.29 is 24.5 Å². The minimum Gasteiger partial charge on any atom is -0.464 e. The van der Waals surface area contributed by atoms with Gasteiger partial charge in [0, 0.05) is 28.5 Å². The van der Waals surface area contributed by atoms with Crippen LogP contribution in [0.2, 0.25) is 0 Å². The Morgan fingerprint density at radius 1 is 1.27 bits per heavy atom. The summed E-state index contributed by atoms with van der Waals surface area (Å²) in [5, 5.41) is 21.7. The first kappa shape index (κ1) is 17.6. The molecule has 0 aliphatic carbocycles. The molecule has 152 valence electrons. The summed E-state index contributed by atoms with van der Waals surface area (Å²) in [5.74, 6) is -0.0933. The second kappa shape index (κ2) is 5.68. The van der Waals surface area contributed by atoms with E-state index in [0.717, 1.165) is 22.0 Å². The molecule has 5 heterocycles. The lowest BCUT2D eigenvalue weighted by Gasteiger charge is -2.31. The van der Waals surface area contributed by atoms with Crippen LogP contribution in [0.25, 0.3) is 22.3 Å². The van der Waals surface area contributed by atoms with Crippen molar-refractivity contribution in [1.29, 1.82) is 0 Å². The molecule has 8 nitrogen and oxygen atoms in total. The number of aliphatic hydroxyl groups excluding tert-OH is 1. The number of carbonyl (C=O) groups excluding carboxylic acids is 1. The third-order valence-electron chi connectivity index (χ3n) is 6.40. The van der Waals surface area contributed by atoms with E-state index in [4.69, 9.17) is 14.5 Å². The Balaban J connectivity index is 1.59. The number of rotatable bonds is 1. The Kier molecular flexibility index (Phi) is 3.33. The van der Waals surface area contributed by atoms with Crippen molar-refractivity contribution in [3.05, 3.63) is 56.9 Å². The molecule has 0 spiro atoms. The number of hydrogen-bond donors (Lipinski definition) is 2. The number of cyclic esters (lactones) is 1. The first-order valence-electron chi connectivity index (χ1n) is 9.88. The summed E-state index contributed by atoms with van der Waals surface area (Å²) in [6.07, 6.45) is -0.374. The van der Waals surface area contributed by atoms with Crippen LogP contribution >= 0.6 is 0 Å². The molecular weight excluding hydrogens is 388 g/mol. The first-order valence-corrected chi connectivity index (χ1v) is 9.88. The van der Waals surface area contributed by atoms with Crippen LogP contribution in [-0.2, 0) is 34.7 Å². The summed E-state index contributed by atoms with van der Waals surface area (Å²) < 4.78 is 12.1. The fourth-order valence-corrected chi connectivity index (χ4v) is 4.77. The van der Waals surface area contributed by atoms with Crippen LogP contribution in [0.4, 0.5) is 0 Å². The minimum absolute atomic E-state index is 0.105. The van der Waals surface area contributed by atoms with Crippen molar-refractivity contribution in [2.75, 3.05) is 0 Å². The molecule has 0 fully saturated rings. The van der Waals surface area contributed by atoms with Gasteiger partial charge in [-0.2, -0.15) is 0 Å². The molecule has 0 saturated carbocycles. The van der Waals surface area contributed by atoms with Crippen LogP contribution in [-0.4, -0.2) is 32.0 Å². The van der Waals surface area contributed by atoms with E-state index in [1.165, 1.54) is 0 Å². The van der Waals surface area contributed by atoms with Gasteiger partial charge in [-0.05, 0) is 30.7 Å². The molecule has 3 aromatic rings. The summed E-state index contributed by atoms with van der Waals surface area (Å²) in [6.45, 7) is 1.87. The molecule has 3 aliphatic rings. The number of pyridine rings is 2. The average molecular weight is 406 g/mol. The summed E-state index contributed by atoms with van der Waals surface area (Å²) in [4.78, 5) is 30.2. The maximum Gasteiger partial charge on any atom is 0.343 e. The van der Waals surface area contributed by atoms with Gasteiger partial charge in [0.05, 0.1) is 29.0 Å². The Labute approximate surface area is 170 Å². The molecule has 6 rings (SSSR count). The van der Waals surface area contributed by atoms with Gasteiger partial charge < -0.3 is 24.3 Å². The molecule has 2 aromatic heterocycles. The lowest BCUT2D eigenvalue weighted by atomic mass is 9.86. The lowest BCUT2D eigenvalue weighted by Crippen LogP contribution is -2.44. The number of fused-ring (bicyclic) bond motifs is 7. The van der Waals surface area contributed by atoms with Gasteiger partial charge >= 0.3 is 5.97 Å². The average Bonchev–Trinajstić information content (AvgIpc) is 3.29. The van der Waals surface area contributed by atoms with Crippen LogP contribution in [0.5, 0.6) is 5.75 Å². The fraction of sp³-hybridized carbons (Fsp3) is 0.318. The molecule has 1 aromatic carbocycles. The molecule has 0 bridgehead atoms. The third kappa shape index (κ3) is 2.09. The number of ether oxygens (including phenoxy) is 2. The second-order valence-electron chi connectivity index (χ2n) is 7.98. The van der Waals surface area contributed by atoms with Crippen LogP contribution < -0.4 is 10.3 Å². The summed E-state index contributed by atoms with van der Waals surface area (Å²) in [6, 6.07) is 7.29. The number of aromatic nitrogens is 2. The van der Waals surface area contributed by atoms with Gasteiger partial charge in [-0.1, -0.05) is 6.92 Å². The molecule has 2 atom stereocenters. The van der Waals surface area contributed by atoms with Crippen LogP contribution in [0.1, 0.15) is 35.6 Å². The topological polar surface area (TPSA) is 111 Å². The Morgan fingerprint density at radius 3 is 2.90 bits per heavy atom. The lowest BCUT2D eigenvalue weighted by molar-refractivity contribution is -0.172. The van der Waals surface area contributed by atoms with Crippen LogP contribution in [0, 0.1) is 0 Å². The van der Waals surface area contributed by atoms with Crippen molar-refractivity contribution in [2.24, 2.45) is 0 Å². The van der Waals surface area contributed by atoms with E-state index >= 15 is 0 Å². The van der Waals surface area contributed by atoms with Gasteiger partial charge in [0.15, 0.2) is 5.60 Å². The van der Waals surface area contributed by atoms with Crippen molar-refractivity contribution in [1.82, 2.24) is 9.55 Å². The molecule has 0 radical (unpaired) electrons. The number of carbonyl (C=O) groups is 1. The van der Waals surface area contributed by atoms with Gasteiger partial charge in [0.1, 0.15) is 12.4 Å². The van der Waals surface area contributed by atoms with Gasteiger partial charge in [-0.25, -0.2) is 9.78 Å². The normalized spacial score (nSPS) is 23.4. The quantitative estimate of drug-likeness (QED) is 0.459. The van der Waals surface area contributed by atoms with Crippen molar-refractivity contribution in [3.8, 4) is 17.1 Å². The van der Waals surface area contributed by atoms with E-state index in [1.54, 1.807) is 23.6 Å². The van der Waals surface area contributed by atoms with Crippen molar-refractivity contribution in [2.45, 2.75) is 44.8 Å². The number of nitrogens with zero attached hydrogens (tertiary/aromatic N) is 2. The zero-order valence-corrected chi connectivity index (χ0v) is 16.1. The summed E-state index contributed by atoms with van der Waals surface area (Å²) in [7, 11) is 0. The Hall–Kier alpha value is -3.23. The van der Waals surface area contributed by atoms with Crippen molar-refractivity contribution in [3.63, 3.8) is 0 Å². The summed E-state index contributed by atoms with van der Waals surface area (Å²) in [5.41, 5.74) is 2.21. The zero-order chi connectivity index (χ0) is 20.8. The Morgan fingerprint density at radius 2 is 2.10 bits per heavy atom. The highest BCUT2D eigenvalue weighted by Crippen LogP contribution is 2.40. The number of hydrogen-bond acceptors (Lipinski definition) is 7. The summed E-state index contributed by atoms with van der Waals surface area (Å²) >= 11 is 0.